The first-order chi connectivity index (χ1) is 15.8. The Morgan fingerprint density at radius 1 is 1.00 bits per heavy atom. The molecule has 7 nitrogen and oxygen atoms in total. The van der Waals surface area contributed by atoms with E-state index in [1.807, 2.05) is 24.3 Å². The minimum absolute atomic E-state index is 0. The van der Waals surface area contributed by atoms with Crippen molar-refractivity contribution in [2.45, 2.75) is 23.8 Å². The second kappa shape index (κ2) is 11.1. The Labute approximate surface area is 206 Å². The molecule has 182 valence electrons. The number of esters is 1. The van der Waals surface area contributed by atoms with Crippen molar-refractivity contribution in [1.82, 2.24) is 4.90 Å². The van der Waals surface area contributed by atoms with Gasteiger partial charge in [-0.15, -0.1) is 12.4 Å². The van der Waals surface area contributed by atoms with Crippen LogP contribution >= 0.6 is 12.4 Å². The van der Waals surface area contributed by atoms with Crippen LogP contribution in [0.3, 0.4) is 0 Å². The van der Waals surface area contributed by atoms with Crippen LogP contribution in [0.2, 0.25) is 0 Å². The molecule has 3 aromatic carbocycles. The number of rotatable bonds is 7. The van der Waals surface area contributed by atoms with E-state index in [0.717, 1.165) is 36.7 Å². The van der Waals surface area contributed by atoms with Crippen LogP contribution in [0.5, 0.6) is 5.75 Å². The van der Waals surface area contributed by atoms with Gasteiger partial charge in [0.15, 0.2) is 6.61 Å². The summed E-state index contributed by atoms with van der Waals surface area (Å²) in [6, 6.07) is 19.3. The van der Waals surface area contributed by atoms with Crippen molar-refractivity contribution >= 4 is 44.9 Å². The van der Waals surface area contributed by atoms with Gasteiger partial charge in [-0.2, -0.15) is 0 Å². The highest BCUT2D eigenvalue weighted by atomic mass is 35.5. The summed E-state index contributed by atoms with van der Waals surface area (Å²) < 4.78 is 38.5. The molecule has 3 aromatic rings. The topological polar surface area (TPSA) is 76.2 Å². The van der Waals surface area contributed by atoms with E-state index in [2.05, 4.69) is 11.9 Å². The second-order valence-corrected chi connectivity index (χ2v) is 10.2. The van der Waals surface area contributed by atoms with Crippen molar-refractivity contribution in [1.29, 1.82) is 0 Å². The molecule has 1 fully saturated rings. The van der Waals surface area contributed by atoms with E-state index in [1.165, 1.54) is 11.4 Å². The van der Waals surface area contributed by atoms with Crippen LogP contribution in [-0.2, 0) is 19.6 Å². The monoisotopic (exact) mass is 504 g/mol. The van der Waals surface area contributed by atoms with E-state index in [1.54, 1.807) is 42.5 Å². The first kappa shape index (κ1) is 25.8. The molecule has 0 bridgehead atoms. The van der Waals surface area contributed by atoms with Crippen molar-refractivity contribution < 1.29 is 22.7 Å². The smallest absolute Gasteiger partial charge is 0.344 e. The molecule has 0 amide bonds. The summed E-state index contributed by atoms with van der Waals surface area (Å²) in [6.07, 6.45) is 1.60. The molecule has 0 unspecified atom stereocenters. The molecule has 34 heavy (non-hydrogen) atoms. The number of fused-ring (bicyclic) bond motifs is 1. The molecule has 0 atom stereocenters. The van der Waals surface area contributed by atoms with Gasteiger partial charge in [0.25, 0.3) is 10.0 Å². The average Bonchev–Trinajstić information content (AvgIpc) is 2.83. The zero-order valence-electron chi connectivity index (χ0n) is 19.2. The second-order valence-electron chi connectivity index (χ2n) is 8.26. The predicted molar refractivity (Wildman–Crippen MR) is 135 cm³/mol. The largest absolute Gasteiger partial charge is 0.482 e. The lowest BCUT2D eigenvalue weighted by molar-refractivity contribution is -0.153. The minimum Gasteiger partial charge on any atom is -0.482 e. The van der Waals surface area contributed by atoms with Crippen molar-refractivity contribution in [3.05, 3.63) is 66.7 Å². The number of piperidine rings is 1. The highest BCUT2D eigenvalue weighted by molar-refractivity contribution is 7.92. The third kappa shape index (κ3) is 6.00. The fraction of sp³-hybridized carbons (Fsp3) is 0.320. The highest BCUT2D eigenvalue weighted by Crippen LogP contribution is 2.26. The van der Waals surface area contributed by atoms with Crippen molar-refractivity contribution in [2.24, 2.45) is 0 Å². The minimum atomic E-state index is -3.73. The van der Waals surface area contributed by atoms with Gasteiger partial charge in [-0.1, -0.05) is 30.3 Å². The fourth-order valence-corrected chi connectivity index (χ4v) is 5.07. The molecule has 4 rings (SSSR count). The summed E-state index contributed by atoms with van der Waals surface area (Å²) >= 11 is 0. The predicted octanol–water partition coefficient (Wildman–Crippen LogP) is 4.10. The number of carbonyl (C=O) groups is 1. The van der Waals surface area contributed by atoms with Crippen LogP contribution in [-0.4, -0.2) is 59.2 Å². The van der Waals surface area contributed by atoms with E-state index in [4.69, 9.17) is 9.47 Å². The molecular formula is C25H29ClN2O5S. The standard InChI is InChI=1S/C25H28N2O5S.ClH/c1-26-15-13-23(14-16-26)32-25(28)18-31-22-10-8-21(9-11-22)27(2)33(29,30)24-12-7-19-5-3-4-6-20(19)17-24;/h3-12,17,23H,13-16,18H2,1-2H3;1H. The number of sulfonamides is 1. The van der Waals surface area contributed by atoms with Gasteiger partial charge in [0.05, 0.1) is 10.6 Å². The lowest BCUT2D eigenvalue weighted by atomic mass is 10.1. The fourth-order valence-electron chi connectivity index (χ4n) is 3.84. The van der Waals surface area contributed by atoms with Gasteiger partial charge >= 0.3 is 5.97 Å². The van der Waals surface area contributed by atoms with Crippen LogP contribution in [0.1, 0.15) is 12.8 Å². The number of ether oxygens (including phenoxy) is 2. The molecule has 1 saturated heterocycles. The van der Waals surface area contributed by atoms with Gasteiger partial charge in [-0.25, -0.2) is 13.2 Å². The first-order valence-electron chi connectivity index (χ1n) is 10.9. The summed E-state index contributed by atoms with van der Waals surface area (Å²) in [7, 11) is -0.163. The molecule has 0 aromatic heterocycles. The Morgan fingerprint density at radius 2 is 1.65 bits per heavy atom. The summed E-state index contributed by atoms with van der Waals surface area (Å²) in [5, 5.41) is 1.85. The third-order valence-electron chi connectivity index (χ3n) is 5.90. The van der Waals surface area contributed by atoms with Gasteiger partial charge in [-0.05, 0) is 67.1 Å². The van der Waals surface area contributed by atoms with E-state index in [9.17, 15) is 13.2 Å². The quantitative estimate of drug-likeness (QED) is 0.451. The average molecular weight is 505 g/mol. The Hall–Kier alpha value is -2.81. The zero-order chi connectivity index (χ0) is 23.4. The van der Waals surface area contributed by atoms with E-state index >= 15 is 0 Å². The number of likely N-dealkylation sites (tertiary alicyclic amines) is 1. The Balaban J connectivity index is 0.00000324. The summed E-state index contributed by atoms with van der Waals surface area (Å²) in [5.41, 5.74) is 0.490. The maximum Gasteiger partial charge on any atom is 0.344 e. The lowest BCUT2D eigenvalue weighted by Crippen LogP contribution is -2.36. The van der Waals surface area contributed by atoms with Crippen molar-refractivity contribution in [3.63, 3.8) is 0 Å². The van der Waals surface area contributed by atoms with Crippen LogP contribution in [0, 0.1) is 0 Å². The lowest BCUT2D eigenvalue weighted by Gasteiger charge is -2.28. The van der Waals surface area contributed by atoms with E-state index in [-0.39, 0.29) is 30.0 Å². The van der Waals surface area contributed by atoms with Crippen LogP contribution in [0.25, 0.3) is 10.8 Å². The van der Waals surface area contributed by atoms with Gasteiger partial charge in [-0.3, -0.25) is 4.31 Å². The number of halogens is 1. The molecule has 1 aliphatic rings. The number of nitrogens with zero attached hydrogens (tertiary/aromatic N) is 2. The van der Waals surface area contributed by atoms with Gasteiger partial charge in [0.2, 0.25) is 0 Å². The molecule has 0 N–H and O–H groups in total. The van der Waals surface area contributed by atoms with Crippen LogP contribution in [0.4, 0.5) is 5.69 Å². The van der Waals surface area contributed by atoms with Crippen LogP contribution in [0.15, 0.2) is 71.6 Å². The van der Waals surface area contributed by atoms with Crippen LogP contribution < -0.4 is 9.04 Å². The Kier molecular flexibility index (Phi) is 8.41. The number of hydrogen-bond donors (Lipinski definition) is 0. The summed E-state index contributed by atoms with van der Waals surface area (Å²) in [6.45, 7) is 1.64. The van der Waals surface area contributed by atoms with Gasteiger partial charge in [0.1, 0.15) is 11.9 Å². The number of carbonyl (C=O) groups excluding carboxylic acids is 1. The molecule has 0 saturated carbocycles. The van der Waals surface area contributed by atoms with E-state index in [0.29, 0.717) is 11.4 Å². The highest BCUT2D eigenvalue weighted by Gasteiger charge is 2.22. The maximum atomic E-state index is 13.1. The Morgan fingerprint density at radius 3 is 2.32 bits per heavy atom. The summed E-state index contributed by atoms with van der Waals surface area (Å²) in [4.78, 5) is 14.5. The molecule has 1 heterocycles. The first-order valence-corrected chi connectivity index (χ1v) is 12.4. The van der Waals surface area contributed by atoms with Crippen molar-refractivity contribution in [2.75, 3.05) is 38.1 Å². The summed E-state index contributed by atoms with van der Waals surface area (Å²) in [5.74, 6) is 0.0696. The number of benzene rings is 3. The van der Waals surface area contributed by atoms with Gasteiger partial charge < -0.3 is 14.4 Å². The normalized spacial score (nSPS) is 14.9. The third-order valence-corrected chi connectivity index (χ3v) is 7.68. The van der Waals surface area contributed by atoms with Gasteiger partial charge in [0, 0.05) is 20.1 Å². The molecule has 9 heteroatoms. The Bertz CT molecular complexity index is 1230. The molecular weight excluding hydrogens is 476 g/mol. The molecule has 0 spiro atoms. The van der Waals surface area contributed by atoms with Crippen molar-refractivity contribution in [3.8, 4) is 5.75 Å². The van der Waals surface area contributed by atoms with E-state index < -0.39 is 16.0 Å². The number of anilines is 1. The maximum absolute atomic E-state index is 13.1. The SMILES string of the molecule is CN1CCC(OC(=O)COc2ccc(N(C)S(=O)(=O)c3ccc4ccccc4c3)cc2)CC1.Cl. The number of hydrogen-bond acceptors (Lipinski definition) is 6. The zero-order valence-corrected chi connectivity index (χ0v) is 20.8. The molecule has 0 aliphatic carbocycles. The molecule has 0 radical (unpaired) electrons. The molecule has 1 aliphatic heterocycles.